The lowest BCUT2D eigenvalue weighted by Crippen LogP contribution is -2.34. The molecule has 1 unspecified atom stereocenters. The van der Waals surface area contributed by atoms with Gasteiger partial charge in [0.15, 0.2) is 12.4 Å². The van der Waals surface area contributed by atoms with E-state index in [0.29, 0.717) is 4.05 Å². The molecule has 0 N–H and O–H groups in total. The fourth-order valence-electron chi connectivity index (χ4n) is 0.986. The Bertz CT molecular complexity index is 198. The Morgan fingerprint density at radius 1 is 1.27 bits per heavy atom. The van der Waals surface area contributed by atoms with E-state index in [2.05, 4.69) is 58.6 Å². The van der Waals surface area contributed by atoms with Crippen molar-refractivity contribution in [1.82, 2.24) is 0 Å². The van der Waals surface area contributed by atoms with Gasteiger partial charge >= 0.3 is 0 Å². The second-order valence-electron chi connectivity index (χ2n) is 2.55. The highest BCUT2D eigenvalue weighted by Crippen LogP contribution is 2.13. The number of rotatable bonds is 3. The maximum atomic E-state index is 2.47. The van der Waals surface area contributed by atoms with Crippen LogP contribution in [-0.4, -0.2) is 0 Å². The summed E-state index contributed by atoms with van der Waals surface area (Å²) in [7, 11) is 0. The Morgan fingerprint density at radius 2 is 1.91 bits per heavy atom. The van der Waals surface area contributed by atoms with Crippen molar-refractivity contribution in [1.29, 1.82) is 0 Å². The monoisotopic (exact) mass is 262 g/mol. The Labute approximate surface area is 81.6 Å². The van der Waals surface area contributed by atoms with Crippen molar-refractivity contribution >= 4 is 22.6 Å². The van der Waals surface area contributed by atoms with Crippen LogP contribution in [0.5, 0.6) is 0 Å². The van der Waals surface area contributed by atoms with Crippen LogP contribution in [0.3, 0.4) is 0 Å². The lowest BCUT2D eigenvalue weighted by Gasteiger charge is -2.01. The maximum Gasteiger partial charge on any atom is 0.207 e. The third kappa shape index (κ3) is 2.77. The molecule has 0 amide bonds. The lowest BCUT2D eigenvalue weighted by atomic mass is 10.3. The molecule has 11 heavy (non-hydrogen) atoms. The van der Waals surface area contributed by atoms with Crippen molar-refractivity contribution in [2.45, 2.75) is 23.8 Å². The van der Waals surface area contributed by atoms with E-state index in [0.717, 1.165) is 0 Å². The SMILES string of the molecule is CCCC(I)[n+]1ccccc1. The van der Waals surface area contributed by atoms with Crippen molar-refractivity contribution in [2.24, 2.45) is 0 Å². The van der Waals surface area contributed by atoms with Gasteiger partial charge in [-0.25, -0.2) is 0 Å². The summed E-state index contributed by atoms with van der Waals surface area (Å²) >= 11 is 2.47. The van der Waals surface area contributed by atoms with E-state index in [4.69, 9.17) is 0 Å². The molecule has 0 saturated heterocycles. The predicted molar refractivity (Wildman–Crippen MR) is 54.6 cm³/mol. The zero-order valence-electron chi connectivity index (χ0n) is 6.70. The van der Waals surface area contributed by atoms with Crippen LogP contribution < -0.4 is 4.57 Å². The van der Waals surface area contributed by atoms with Gasteiger partial charge in [-0.2, -0.15) is 4.57 Å². The molecular formula is C9H13IN+. The van der Waals surface area contributed by atoms with E-state index in [1.807, 2.05) is 6.07 Å². The van der Waals surface area contributed by atoms with E-state index >= 15 is 0 Å². The van der Waals surface area contributed by atoms with Crippen molar-refractivity contribution in [3.63, 3.8) is 0 Å². The standard InChI is InChI=1S/C9H13IN/c1-2-6-9(10)11-7-4-3-5-8-11/h3-5,7-9H,2,6H2,1H3/q+1. The number of alkyl halides is 1. The molecule has 1 nitrogen and oxygen atoms in total. The Hall–Kier alpha value is -0.120. The van der Waals surface area contributed by atoms with Gasteiger partial charge in [-0.3, -0.25) is 0 Å². The molecule has 0 radical (unpaired) electrons. The molecule has 1 heterocycles. The number of hydrogen-bond donors (Lipinski definition) is 0. The fraction of sp³-hybridized carbons (Fsp3) is 0.444. The van der Waals surface area contributed by atoms with E-state index in [9.17, 15) is 0 Å². The highest BCUT2D eigenvalue weighted by atomic mass is 127. The van der Waals surface area contributed by atoms with Crippen LogP contribution in [0.15, 0.2) is 30.6 Å². The smallest absolute Gasteiger partial charge is 0.193 e. The Balaban J connectivity index is 2.61. The van der Waals surface area contributed by atoms with E-state index < -0.39 is 0 Å². The van der Waals surface area contributed by atoms with Crippen LogP contribution in [-0.2, 0) is 0 Å². The summed E-state index contributed by atoms with van der Waals surface area (Å²) in [5, 5.41) is 0. The zero-order chi connectivity index (χ0) is 8.10. The Kier molecular flexibility index (Phi) is 3.83. The van der Waals surface area contributed by atoms with Gasteiger partial charge in [-0.15, -0.1) is 0 Å². The summed E-state index contributed by atoms with van der Waals surface area (Å²) in [6, 6.07) is 6.19. The average molecular weight is 262 g/mol. The summed E-state index contributed by atoms with van der Waals surface area (Å²) < 4.78 is 2.85. The van der Waals surface area contributed by atoms with Gasteiger partial charge in [0.2, 0.25) is 4.05 Å². The molecule has 1 rings (SSSR count). The molecule has 1 atom stereocenters. The normalized spacial score (nSPS) is 12.9. The van der Waals surface area contributed by atoms with Crippen molar-refractivity contribution in [2.75, 3.05) is 0 Å². The largest absolute Gasteiger partial charge is 0.207 e. The second-order valence-corrected chi connectivity index (χ2v) is 3.98. The van der Waals surface area contributed by atoms with Crippen LogP contribution in [0.4, 0.5) is 0 Å². The first kappa shape index (κ1) is 8.97. The minimum atomic E-state index is 0.610. The third-order valence-electron chi connectivity index (χ3n) is 1.59. The molecule has 0 saturated carbocycles. The second kappa shape index (κ2) is 4.70. The first-order valence-electron chi connectivity index (χ1n) is 3.94. The number of nitrogens with zero attached hydrogens (tertiary/aromatic N) is 1. The minimum absolute atomic E-state index is 0.610. The first-order chi connectivity index (χ1) is 5.34. The van der Waals surface area contributed by atoms with Crippen molar-refractivity contribution in [3.8, 4) is 0 Å². The topological polar surface area (TPSA) is 3.88 Å². The quantitative estimate of drug-likeness (QED) is 0.448. The summed E-state index contributed by atoms with van der Waals surface area (Å²) in [4.78, 5) is 0. The van der Waals surface area contributed by atoms with Gasteiger partial charge in [-0.1, -0.05) is 13.0 Å². The molecule has 0 spiro atoms. The molecule has 1 aromatic rings. The fourth-order valence-corrected chi connectivity index (χ4v) is 1.98. The first-order valence-corrected chi connectivity index (χ1v) is 5.19. The van der Waals surface area contributed by atoms with Crippen LogP contribution in [0, 0.1) is 0 Å². The molecule has 0 fully saturated rings. The molecule has 0 aromatic carbocycles. The van der Waals surface area contributed by atoms with Gasteiger partial charge in [0.05, 0.1) is 0 Å². The summed E-state index contributed by atoms with van der Waals surface area (Å²) in [5.41, 5.74) is 0. The van der Waals surface area contributed by atoms with E-state index in [-0.39, 0.29) is 0 Å². The van der Waals surface area contributed by atoms with E-state index in [1.54, 1.807) is 0 Å². The molecule has 60 valence electrons. The number of pyridine rings is 1. The molecule has 2 heteroatoms. The van der Waals surface area contributed by atoms with Gasteiger partial charge in [0.25, 0.3) is 0 Å². The van der Waals surface area contributed by atoms with Gasteiger partial charge in [0, 0.05) is 18.6 Å². The number of hydrogen-bond acceptors (Lipinski definition) is 0. The summed E-state index contributed by atoms with van der Waals surface area (Å²) in [6.07, 6.45) is 6.73. The van der Waals surface area contributed by atoms with Gasteiger partial charge in [-0.05, 0) is 29.0 Å². The minimum Gasteiger partial charge on any atom is -0.193 e. The highest BCUT2D eigenvalue weighted by Gasteiger charge is 2.10. The maximum absolute atomic E-state index is 2.47. The Morgan fingerprint density at radius 3 is 2.45 bits per heavy atom. The van der Waals surface area contributed by atoms with Gasteiger partial charge < -0.3 is 0 Å². The molecule has 0 aliphatic rings. The third-order valence-corrected chi connectivity index (χ3v) is 2.86. The number of aromatic nitrogens is 1. The molecule has 1 aromatic heterocycles. The lowest BCUT2D eigenvalue weighted by molar-refractivity contribution is -0.694. The van der Waals surface area contributed by atoms with Crippen LogP contribution in [0.1, 0.15) is 23.8 Å². The molecule has 0 aliphatic heterocycles. The molecule has 0 bridgehead atoms. The van der Waals surface area contributed by atoms with Crippen molar-refractivity contribution in [3.05, 3.63) is 30.6 Å². The van der Waals surface area contributed by atoms with Crippen LogP contribution >= 0.6 is 22.6 Å². The molecular weight excluding hydrogens is 249 g/mol. The predicted octanol–water partition coefficient (Wildman–Crippen LogP) is 2.71. The van der Waals surface area contributed by atoms with Crippen LogP contribution in [0.2, 0.25) is 0 Å². The average Bonchev–Trinajstić information content (AvgIpc) is 2.07. The number of halogens is 1. The summed E-state index contributed by atoms with van der Waals surface area (Å²) in [5.74, 6) is 0. The van der Waals surface area contributed by atoms with Crippen LogP contribution in [0.25, 0.3) is 0 Å². The molecule has 0 aliphatic carbocycles. The van der Waals surface area contributed by atoms with E-state index in [1.165, 1.54) is 12.8 Å². The highest BCUT2D eigenvalue weighted by molar-refractivity contribution is 14.1. The zero-order valence-corrected chi connectivity index (χ0v) is 8.86. The van der Waals surface area contributed by atoms with Gasteiger partial charge in [0.1, 0.15) is 0 Å². The summed E-state index contributed by atoms with van der Waals surface area (Å²) in [6.45, 7) is 2.22. The van der Waals surface area contributed by atoms with Crippen molar-refractivity contribution < 1.29 is 4.57 Å².